The van der Waals surface area contributed by atoms with E-state index >= 15 is 0 Å². The summed E-state index contributed by atoms with van der Waals surface area (Å²) in [5.74, 6) is 1.37. The van der Waals surface area contributed by atoms with Gasteiger partial charge in [0, 0.05) is 18.8 Å². The predicted octanol–water partition coefficient (Wildman–Crippen LogP) is 2.96. The number of anilines is 1. The fraction of sp³-hybridized carbons (Fsp3) is 0.429. The van der Waals surface area contributed by atoms with Crippen molar-refractivity contribution in [2.75, 3.05) is 11.4 Å². The van der Waals surface area contributed by atoms with E-state index < -0.39 is 0 Å². The van der Waals surface area contributed by atoms with E-state index in [4.69, 9.17) is 21.8 Å². The molecule has 1 saturated carbocycles. The molecule has 2 aromatic heterocycles. The Kier molecular flexibility index (Phi) is 3.31. The second-order valence-corrected chi connectivity index (χ2v) is 5.04. The van der Waals surface area contributed by atoms with Crippen molar-refractivity contribution >= 4 is 23.1 Å². The third-order valence-corrected chi connectivity index (χ3v) is 3.71. The molecule has 0 spiro atoms. The molecule has 1 fully saturated rings. The molecule has 0 aromatic carbocycles. The van der Waals surface area contributed by atoms with E-state index in [1.165, 1.54) is 12.8 Å². The molecule has 1 aliphatic carbocycles. The first-order valence-electron chi connectivity index (χ1n) is 6.50. The van der Waals surface area contributed by atoms with Crippen molar-refractivity contribution < 1.29 is 0 Å². The highest BCUT2D eigenvalue weighted by Gasteiger charge is 2.32. The standard InChI is InChI=1S/C14H15ClN4/c15-10-12-14(17-13-4-1-2-8-19(12)13)18(9-3-7-16)11-5-6-11/h1-2,4,8,11H,3,5-6,9-10H2. The van der Waals surface area contributed by atoms with Crippen molar-refractivity contribution in [1.29, 1.82) is 5.26 Å². The summed E-state index contributed by atoms with van der Waals surface area (Å²) in [5, 5.41) is 8.80. The molecule has 3 rings (SSSR count). The molecule has 0 amide bonds. The Balaban J connectivity index is 2.04. The normalized spacial score (nSPS) is 14.5. The van der Waals surface area contributed by atoms with Crippen molar-refractivity contribution in [1.82, 2.24) is 9.38 Å². The van der Waals surface area contributed by atoms with Crippen LogP contribution in [0.2, 0.25) is 0 Å². The van der Waals surface area contributed by atoms with Gasteiger partial charge in [0.05, 0.1) is 24.1 Å². The van der Waals surface area contributed by atoms with Crippen LogP contribution in [-0.4, -0.2) is 22.0 Å². The lowest BCUT2D eigenvalue weighted by atomic mass is 10.3. The van der Waals surface area contributed by atoms with E-state index in [9.17, 15) is 0 Å². The van der Waals surface area contributed by atoms with Crippen LogP contribution < -0.4 is 4.90 Å². The maximum atomic E-state index is 8.80. The summed E-state index contributed by atoms with van der Waals surface area (Å²) in [6.07, 6.45) is 4.87. The third-order valence-electron chi connectivity index (χ3n) is 3.46. The number of alkyl halides is 1. The highest BCUT2D eigenvalue weighted by Crippen LogP contribution is 2.34. The summed E-state index contributed by atoms with van der Waals surface area (Å²) in [7, 11) is 0. The average molecular weight is 275 g/mol. The Bertz CT molecular complexity index is 624. The molecular weight excluding hydrogens is 260 g/mol. The largest absolute Gasteiger partial charge is 0.351 e. The van der Waals surface area contributed by atoms with Gasteiger partial charge in [0.25, 0.3) is 0 Å². The topological polar surface area (TPSA) is 44.3 Å². The minimum Gasteiger partial charge on any atom is -0.351 e. The van der Waals surface area contributed by atoms with Crippen LogP contribution in [0, 0.1) is 11.3 Å². The Morgan fingerprint density at radius 3 is 3.00 bits per heavy atom. The van der Waals surface area contributed by atoms with Crippen molar-refractivity contribution in [3.05, 3.63) is 30.1 Å². The number of hydrogen-bond acceptors (Lipinski definition) is 3. The van der Waals surface area contributed by atoms with E-state index in [0.29, 0.717) is 18.3 Å². The van der Waals surface area contributed by atoms with Gasteiger partial charge in [0.1, 0.15) is 5.65 Å². The van der Waals surface area contributed by atoms with Crippen LogP contribution >= 0.6 is 11.6 Å². The zero-order valence-corrected chi connectivity index (χ0v) is 11.3. The highest BCUT2D eigenvalue weighted by molar-refractivity contribution is 6.17. The van der Waals surface area contributed by atoms with Crippen LogP contribution in [0.4, 0.5) is 5.82 Å². The van der Waals surface area contributed by atoms with Gasteiger partial charge in [-0.1, -0.05) is 6.07 Å². The van der Waals surface area contributed by atoms with E-state index in [0.717, 1.165) is 23.7 Å². The first kappa shape index (κ1) is 12.3. The molecule has 0 aliphatic heterocycles. The quantitative estimate of drug-likeness (QED) is 0.788. The first-order chi connectivity index (χ1) is 9.35. The number of halogens is 1. The Hall–Kier alpha value is -1.73. The molecule has 2 heterocycles. The first-order valence-corrected chi connectivity index (χ1v) is 7.04. The Morgan fingerprint density at radius 1 is 1.47 bits per heavy atom. The minimum atomic E-state index is 0.427. The summed E-state index contributed by atoms with van der Waals surface area (Å²) < 4.78 is 2.03. The number of aromatic nitrogens is 2. The highest BCUT2D eigenvalue weighted by atomic mass is 35.5. The molecule has 19 heavy (non-hydrogen) atoms. The molecular formula is C14H15ClN4. The number of rotatable bonds is 5. The zero-order valence-electron chi connectivity index (χ0n) is 10.6. The van der Waals surface area contributed by atoms with Crippen molar-refractivity contribution in [2.45, 2.75) is 31.2 Å². The fourth-order valence-corrected chi connectivity index (χ4v) is 2.65. The Morgan fingerprint density at radius 2 is 2.32 bits per heavy atom. The van der Waals surface area contributed by atoms with Crippen molar-refractivity contribution in [3.8, 4) is 6.07 Å². The van der Waals surface area contributed by atoms with Gasteiger partial charge in [-0.2, -0.15) is 5.26 Å². The SMILES string of the molecule is N#CCCN(c1nc2ccccn2c1CCl)C1CC1. The smallest absolute Gasteiger partial charge is 0.152 e. The van der Waals surface area contributed by atoms with E-state index in [-0.39, 0.29) is 0 Å². The number of hydrogen-bond donors (Lipinski definition) is 0. The molecule has 0 unspecified atom stereocenters. The monoisotopic (exact) mass is 274 g/mol. The molecule has 0 N–H and O–H groups in total. The molecule has 5 heteroatoms. The second kappa shape index (κ2) is 5.10. The molecule has 1 aliphatic rings. The maximum absolute atomic E-state index is 8.80. The molecule has 2 aromatic rings. The summed E-state index contributed by atoms with van der Waals surface area (Å²) in [6, 6.07) is 8.67. The third kappa shape index (κ3) is 2.26. The second-order valence-electron chi connectivity index (χ2n) is 4.78. The summed E-state index contributed by atoms with van der Waals surface area (Å²) in [6.45, 7) is 0.731. The fourth-order valence-electron chi connectivity index (χ4n) is 2.41. The van der Waals surface area contributed by atoms with Gasteiger partial charge in [0.2, 0.25) is 0 Å². The number of fused-ring (bicyclic) bond motifs is 1. The minimum absolute atomic E-state index is 0.427. The number of nitriles is 1. The van der Waals surface area contributed by atoms with Crippen LogP contribution in [-0.2, 0) is 5.88 Å². The summed E-state index contributed by atoms with van der Waals surface area (Å²) in [5.41, 5.74) is 1.93. The molecule has 0 bridgehead atoms. The average Bonchev–Trinajstić information content (AvgIpc) is 3.20. The zero-order chi connectivity index (χ0) is 13.2. The van der Waals surface area contributed by atoms with Gasteiger partial charge in [0.15, 0.2) is 5.82 Å². The lowest BCUT2D eigenvalue weighted by Gasteiger charge is -2.21. The summed E-state index contributed by atoms with van der Waals surface area (Å²) in [4.78, 5) is 6.94. The van der Waals surface area contributed by atoms with Crippen molar-refractivity contribution in [3.63, 3.8) is 0 Å². The van der Waals surface area contributed by atoms with Gasteiger partial charge >= 0.3 is 0 Å². The van der Waals surface area contributed by atoms with Crippen LogP contribution in [0.5, 0.6) is 0 Å². The van der Waals surface area contributed by atoms with Gasteiger partial charge in [-0.15, -0.1) is 11.6 Å². The van der Waals surface area contributed by atoms with Crippen LogP contribution in [0.15, 0.2) is 24.4 Å². The predicted molar refractivity (Wildman–Crippen MR) is 75.3 cm³/mol. The lowest BCUT2D eigenvalue weighted by molar-refractivity contribution is 0.776. The van der Waals surface area contributed by atoms with Gasteiger partial charge in [-0.3, -0.25) is 0 Å². The number of imidazole rings is 1. The molecule has 98 valence electrons. The Labute approximate surface area is 117 Å². The van der Waals surface area contributed by atoms with E-state index in [1.807, 2.05) is 28.8 Å². The van der Waals surface area contributed by atoms with Gasteiger partial charge in [-0.05, 0) is 25.0 Å². The molecule has 0 atom stereocenters. The van der Waals surface area contributed by atoms with Crippen LogP contribution in [0.3, 0.4) is 0 Å². The van der Waals surface area contributed by atoms with E-state index in [2.05, 4.69) is 11.0 Å². The molecule has 0 saturated heterocycles. The molecule has 4 nitrogen and oxygen atoms in total. The summed E-state index contributed by atoms with van der Waals surface area (Å²) >= 11 is 6.10. The van der Waals surface area contributed by atoms with Crippen LogP contribution in [0.25, 0.3) is 5.65 Å². The number of pyridine rings is 1. The lowest BCUT2D eigenvalue weighted by Crippen LogP contribution is -2.28. The number of nitrogens with zero attached hydrogens (tertiary/aromatic N) is 4. The maximum Gasteiger partial charge on any atom is 0.152 e. The molecule has 0 radical (unpaired) electrons. The van der Waals surface area contributed by atoms with Gasteiger partial charge < -0.3 is 9.30 Å². The van der Waals surface area contributed by atoms with Crippen LogP contribution in [0.1, 0.15) is 25.0 Å². The van der Waals surface area contributed by atoms with Gasteiger partial charge in [-0.25, -0.2) is 4.98 Å². The van der Waals surface area contributed by atoms with E-state index in [1.54, 1.807) is 0 Å². The van der Waals surface area contributed by atoms with Crippen molar-refractivity contribution in [2.24, 2.45) is 0 Å².